The number of nitrogens with zero attached hydrogens (tertiary/aromatic N) is 5. The normalized spacial score (nSPS) is 17.9. The molecule has 1 N–H and O–H groups in total. The molecule has 0 radical (unpaired) electrons. The minimum absolute atomic E-state index is 0.0180. The van der Waals surface area contributed by atoms with E-state index >= 15 is 0 Å². The zero-order valence-electron chi connectivity index (χ0n) is 11.9. The smallest absolute Gasteiger partial charge is 0.226 e. The van der Waals surface area contributed by atoms with Gasteiger partial charge in [0.2, 0.25) is 5.95 Å². The van der Waals surface area contributed by atoms with Crippen molar-refractivity contribution in [3.63, 3.8) is 0 Å². The van der Waals surface area contributed by atoms with Crippen LogP contribution in [-0.4, -0.2) is 30.3 Å². The molecule has 3 heterocycles. The summed E-state index contributed by atoms with van der Waals surface area (Å²) in [5.41, 5.74) is 3.35. The van der Waals surface area contributed by atoms with Crippen LogP contribution in [0.3, 0.4) is 0 Å². The summed E-state index contributed by atoms with van der Waals surface area (Å²) in [5.74, 6) is 0.658. The molecule has 7 nitrogen and oxygen atoms in total. The van der Waals surface area contributed by atoms with Gasteiger partial charge in [-0.2, -0.15) is 15.2 Å². The highest BCUT2D eigenvalue weighted by molar-refractivity contribution is 5.96. The Kier molecular flexibility index (Phi) is 2.70. The summed E-state index contributed by atoms with van der Waals surface area (Å²) in [6, 6.07) is -0.278. The van der Waals surface area contributed by atoms with E-state index in [0.29, 0.717) is 11.5 Å². The standard InChI is InChI=1S/C13H16N6O/c1-7-10(5-18(4)17-7)12-11(9(3)20)8(2)16-13-14-6-15-19(12)13/h5-6,12H,1-4H3,(H,14,15,16)/t12-/m0/s1. The number of ketones is 1. The van der Waals surface area contributed by atoms with E-state index in [0.717, 1.165) is 17.0 Å². The zero-order valence-corrected chi connectivity index (χ0v) is 11.9. The Morgan fingerprint density at radius 1 is 1.40 bits per heavy atom. The van der Waals surface area contributed by atoms with Crippen molar-refractivity contribution in [3.8, 4) is 0 Å². The number of aryl methyl sites for hydroxylation is 2. The summed E-state index contributed by atoms with van der Waals surface area (Å²) in [4.78, 5) is 16.2. The fourth-order valence-corrected chi connectivity index (χ4v) is 2.72. The number of anilines is 1. The third-order valence-electron chi connectivity index (χ3n) is 3.52. The Labute approximate surface area is 116 Å². The molecule has 0 saturated heterocycles. The average Bonchev–Trinajstić information content (AvgIpc) is 2.93. The van der Waals surface area contributed by atoms with Crippen LogP contribution in [0.25, 0.3) is 0 Å². The van der Waals surface area contributed by atoms with Gasteiger partial charge in [0.25, 0.3) is 0 Å². The molecule has 0 aliphatic carbocycles. The largest absolute Gasteiger partial charge is 0.328 e. The minimum Gasteiger partial charge on any atom is -0.328 e. The first-order valence-corrected chi connectivity index (χ1v) is 6.37. The molecule has 2 aromatic rings. The SMILES string of the molecule is CC(=O)C1=C(C)Nc2ncnn2[C@H]1c1cn(C)nc1C. The van der Waals surface area contributed by atoms with E-state index in [1.54, 1.807) is 16.3 Å². The lowest BCUT2D eigenvalue weighted by atomic mass is 9.94. The highest BCUT2D eigenvalue weighted by atomic mass is 16.1. The number of nitrogens with one attached hydrogen (secondary N) is 1. The maximum atomic E-state index is 12.1. The topological polar surface area (TPSA) is 77.6 Å². The third-order valence-corrected chi connectivity index (χ3v) is 3.52. The van der Waals surface area contributed by atoms with Crippen molar-refractivity contribution < 1.29 is 4.79 Å². The van der Waals surface area contributed by atoms with E-state index in [1.165, 1.54) is 6.33 Å². The molecular formula is C13H16N6O. The minimum atomic E-state index is -0.278. The second-order valence-electron chi connectivity index (χ2n) is 4.99. The average molecular weight is 272 g/mol. The van der Waals surface area contributed by atoms with Gasteiger partial charge < -0.3 is 5.32 Å². The Morgan fingerprint density at radius 3 is 2.75 bits per heavy atom. The highest BCUT2D eigenvalue weighted by Gasteiger charge is 2.33. The quantitative estimate of drug-likeness (QED) is 0.888. The van der Waals surface area contributed by atoms with Crippen LogP contribution in [-0.2, 0) is 11.8 Å². The van der Waals surface area contributed by atoms with E-state index < -0.39 is 0 Å². The van der Waals surface area contributed by atoms with Crippen LogP contribution < -0.4 is 5.32 Å². The molecule has 0 aromatic carbocycles. The van der Waals surface area contributed by atoms with Gasteiger partial charge in [0.1, 0.15) is 12.4 Å². The highest BCUT2D eigenvalue weighted by Crippen LogP contribution is 2.35. The molecule has 3 rings (SSSR count). The van der Waals surface area contributed by atoms with Gasteiger partial charge in [-0.15, -0.1) is 0 Å². The second kappa shape index (κ2) is 4.29. The summed E-state index contributed by atoms with van der Waals surface area (Å²) in [5, 5.41) is 11.7. The van der Waals surface area contributed by atoms with Gasteiger partial charge in [-0.1, -0.05) is 0 Å². The molecule has 0 unspecified atom stereocenters. The molecule has 2 aromatic heterocycles. The van der Waals surface area contributed by atoms with Gasteiger partial charge >= 0.3 is 0 Å². The van der Waals surface area contributed by atoms with Gasteiger partial charge in [-0.25, -0.2) is 4.68 Å². The predicted octanol–water partition coefficient (Wildman–Crippen LogP) is 1.20. The van der Waals surface area contributed by atoms with Gasteiger partial charge in [-0.05, 0) is 20.8 Å². The van der Waals surface area contributed by atoms with E-state index in [9.17, 15) is 4.79 Å². The van der Waals surface area contributed by atoms with E-state index in [4.69, 9.17) is 0 Å². The Hall–Kier alpha value is -2.44. The number of Topliss-reactive ketones (excluding diaryl/α,β-unsaturated/α-hetero) is 1. The molecule has 0 amide bonds. The molecule has 0 saturated carbocycles. The number of hydrogen-bond donors (Lipinski definition) is 1. The fourth-order valence-electron chi connectivity index (χ4n) is 2.72. The second-order valence-corrected chi connectivity index (χ2v) is 4.99. The molecule has 1 aliphatic rings. The molecule has 20 heavy (non-hydrogen) atoms. The molecule has 104 valence electrons. The third kappa shape index (κ3) is 1.74. The lowest BCUT2D eigenvalue weighted by Gasteiger charge is -2.27. The monoisotopic (exact) mass is 272 g/mol. The maximum Gasteiger partial charge on any atom is 0.226 e. The Morgan fingerprint density at radius 2 is 2.15 bits per heavy atom. The Balaban J connectivity index is 2.25. The molecule has 1 atom stereocenters. The fraction of sp³-hybridized carbons (Fsp3) is 0.385. The first-order chi connectivity index (χ1) is 9.49. The molecule has 0 bridgehead atoms. The van der Waals surface area contributed by atoms with Gasteiger partial charge in [0.15, 0.2) is 5.78 Å². The van der Waals surface area contributed by atoms with Crippen LogP contribution in [0.15, 0.2) is 23.8 Å². The van der Waals surface area contributed by atoms with Crippen molar-refractivity contribution >= 4 is 11.7 Å². The molecule has 0 spiro atoms. The van der Waals surface area contributed by atoms with Crippen molar-refractivity contribution in [1.29, 1.82) is 0 Å². The number of carbonyl (C=O) groups excluding carboxylic acids is 1. The van der Waals surface area contributed by atoms with Crippen molar-refractivity contribution in [2.24, 2.45) is 7.05 Å². The predicted molar refractivity (Wildman–Crippen MR) is 73.1 cm³/mol. The molecule has 7 heteroatoms. The van der Waals surface area contributed by atoms with Gasteiger partial charge in [-0.3, -0.25) is 9.48 Å². The lowest BCUT2D eigenvalue weighted by Crippen LogP contribution is -2.28. The van der Waals surface area contributed by atoms with Crippen LogP contribution in [0.4, 0.5) is 5.95 Å². The lowest BCUT2D eigenvalue weighted by molar-refractivity contribution is -0.114. The molecule has 0 fully saturated rings. The number of carbonyl (C=O) groups is 1. The van der Waals surface area contributed by atoms with E-state index in [1.807, 2.05) is 27.1 Å². The number of hydrogen-bond acceptors (Lipinski definition) is 5. The van der Waals surface area contributed by atoms with Gasteiger partial charge in [0, 0.05) is 30.1 Å². The summed E-state index contributed by atoms with van der Waals surface area (Å²) in [6.07, 6.45) is 3.41. The number of fused-ring (bicyclic) bond motifs is 1. The summed E-state index contributed by atoms with van der Waals surface area (Å²) < 4.78 is 3.48. The van der Waals surface area contributed by atoms with Crippen LogP contribution >= 0.6 is 0 Å². The Bertz CT molecular complexity index is 723. The van der Waals surface area contributed by atoms with Crippen molar-refractivity contribution in [1.82, 2.24) is 24.5 Å². The summed E-state index contributed by atoms with van der Waals surface area (Å²) >= 11 is 0. The van der Waals surface area contributed by atoms with Crippen molar-refractivity contribution in [2.75, 3.05) is 5.32 Å². The molecule has 1 aliphatic heterocycles. The zero-order chi connectivity index (χ0) is 14.4. The number of allylic oxidation sites excluding steroid dienone is 2. The van der Waals surface area contributed by atoms with Crippen LogP contribution in [0.2, 0.25) is 0 Å². The van der Waals surface area contributed by atoms with Crippen LogP contribution in [0, 0.1) is 6.92 Å². The van der Waals surface area contributed by atoms with Gasteiger partial charge in [0.05, 0.1) is 5.69 Å². The first kappa shape index (κ1) is 12.6. The van der Waals surface area contributed by atoms with E-state index in [2.05, 4.69) is 20.5 Å². The maximum absolute atomic E-state index is 12.1. The first-order valence-electron chi connectivity index (χ1n) is 6.37. The van der Waals surface area contributed by atoms with Crippen LogP contribution in [0.5, 0.6) is 0 Å². The van der Waals surface area contributed by atoms with Crippen molar-refractivity contribution in [3.05, 3.63) is 35.1 Å². The van der Waals surface area contributed by atoms with E-state index in [-0.39, 0.29) is 11.8 Å². The number of rotatable bonds is 2. The molecular weight excluding hydrogens is 256 g/mol. The summed E-state index contributed by atoms with van der Waals surface area (Å²) in [7, 11) is 1.86. The number of aromatic nitrogens is 5. The summed E-state index contributed by atoms with van der Waals surface area (Å²) in [6.45, 7) is 5.38. The van der Waals surface area contributed by atoms with Crippen molar-refractivity contribution in [2.45, 2.75) is 26.8 Å². The van der Waals surface area contributed by atoms with Crippen LogP contribution in [0.1, 0.15) is 31.1 Å².